The quantitative estimate of drug-likeness (QED) is 0.0680. The van der Waals surface area contributed by atoms with Gasteiger partial charge in [0.1, 0.15) is 5.60 Å². The fourth-order valence-corrected chi connectivity index (χ4v) is 6.05. The fraction of sp³-hybridized carbons (Fsp3) is 0.976. The van der Waals surface area contributed by atoms with Crippen molar-refractivity contribution in [1.29, 1.82) is 0 Å². The molecule has 0 saturated heterocycles. The van der Waals surface area contributed by atoms with Crippen LogP contribution in [0.3, 0.4) is 0 Å². The van der Waals surface area contributed by atoms with Gasteiger partial charge in [0.25, 0.3) is 0 Å². The zero-order chi connectivity index (χ0) is 34.2. The molecule has 0 aliphatic heterocycles. The van der Waals surface area contributed by atoms with Crippen molar-refractivity contribution >= 4 is 6.09 Å². The summed E-state index contributed by atoms with van der Waals surface area (Å²) >= 11 is 0. The monoisotopic (exact) mass is 653 g/mol. The molecule has 0 spiro atoms. The smallest absolute Gasteiger partial charge is 0.407 e. The Morgan fingerprint density at radius 3 is 0.804 bits per heavy atom. The van der Waals surface area contributed by atoms with Gasteiger partial charge in [0.15, 0.2) is 0 Å². The molecule has 0 aromatic carbocycles. The lowest BCUT2D eigenvalue weighted by molar-refractivity contribution is 0.0541. The fourth-order valence-electron chi connectivity index (χ4n) is 6.05. The third-order valence-electron chi connectivity index (χ3n) is 9.02. The number of ether oxygens (including phenoxy) is 1. The molecule has 1 amide bonds. The van der Waals surface area contributed by atoms with E-state index in [2.05, 4.69) is 24.5 Å². The van der Waals surface area contributed by atoms with E-state index in [1.807, 2.05) is 20.8 Å². The lowest BCUT2D eigenvalue weighted by Gasteiger charge is -2.18. The van der Waals surface area contributed by atoms with Crippen molar-refractivity contribution in [3.05, 3.63) is 0 Å². The first-order valence-corrected chi connectivity index (χ1v) is 21.0. The van der Waals surface area contributed by atoms with Gasteiger partial charge < -0.3 is 15.4 Å². The Balaban J connectivity index is 0. The predicted molar refractivity (Wildman–Crippen MR) is 207 cm³/mol. The molecule has 0 aromatic heterocycles. The minimum atomic E-state index is -0.389. The SMILES string of the molecule is CCCCCCCCCCCCCCCCCCNCCCCCCCCCCCCCCCCCC.CNC(=O)OC(C)(C)C. The molecule has 0 radical (unpaired) electrons. The summed E-state index contributed by atoms with van der Waals surface area (Å²) in [6.45, 7) is 12.6. The normalized spacial score (nSPS) is 11.3. The van der Waals surface area contributed by atoms with Crippen molar-refractivity contribution < 1.29 is 9.53 Å². The summed E-state index contributed by atoms with van der Waals surface area (Å²) in [5, 5.41) is 6.04. The molecule has 0 atom stereocenters. The van der Waals surface area contributed by atoms with Crippen molar-refractivity contribution in [2.45, 2.75) is 246 Å². The van der Waals surface area contributed by atoms with Gasteiger partial charge in [-0.3, -0.25) is 0 Å². The molecule has 4 heteroatoms. The highest BCUT2D eigenvalue weighted by Crippen LogP contribution is 2.15. The largest absolute Gasteiger partial charge is 0.444 e. The van der Waals surface area contributed by atoms with Crippen LogP contribution in [0.2, 0.25) is 0 Å². The standard InChI is InChI=1S/C36H75N.C6H13NO2/c1-3-5-7-9-11-13-15-17-19-21-23-25-27-29-31-33-35-37-36-34-32-30-28-26-24-22-20-18-16-14-12-10-8-6-4-2;1-6(2,3)9-5(8)7-4/h37H,3-36H2,1-2H3;1-4H3,(H,7,8). The van der Waals surface area contributed by atoms with Gasteiger partial charge in [-0.15, -0.1) is 0 Å². The van der Waals surface area contributed by atoms with Crippen LogP contribution in [0.4, 0.5) is 4.79 Å². The second-order valence-corrected chi connectivity index (χ2v) is 15.1. The average Bonchev–Trinajstić information content (AvgIpc) is 3.02. The minimum absolute atomic E-state index is 0.387. The summed E-state index contributed by atoms with van der Waals surface area (Å²) in [5.74, 6) is 0. The Labute approximate surface area is 291 Å². The lowest BCUT2D eigenvalue weighted by atomic mass is 10.0. The van der Waals surface area contributed by atoms with E-state index in [-0.39, 0.29) is 11.7 Å². The topological polar surface area (TPSA) is 50.4 Å². The van der Waals surface area contributed by atoms with Gasteiger partial charge in [-0.25, -0.2) is 4.79 Å². The predicted octanol–water partition coefficient (Wildman–Crippen LogP) is 14.2. The van der Waals surface area contributed by atoms with Crippen LogP contribution in [-0.4, -0.2) is 31.8 Å². The number of nitrogens with one attached hydrogen (secondary N) is 2. The summed E-state index contributed by atoms with van der Waals surface area (Å²) in [5.41, 5.74) is -0.389. The van der Waals surface area contributed by atoms with Crippen LogP contribution in [0.5, 0.6) is 0 Å². The summed E-state index contributed by atoms with van der Waals surface area (Å²) in [7, 11) is 1.54. The maximum Gasteiger partial charge on any atom is 0.407 e. The average molecular weight is 653 g/mol. The van der Waals surface area contributed by atoms with E-state index >= 15 is 0 Å². The number of unbranched alkanes of at least 4 members (excludes halogenated alkanes) is 30. The van der Waals surface area contributed by atoms with E-state index in [9.17, 15) is 4.79 Å². The van der Waals surface area contributed by atoms with Crippen LogP contribution in [0, 0.1) is 0 Å². The number of amides is 1. The Hall–Kier alpha value is -0.770. The maximum absolute atomic E-state index is 10.5. The molecule has 0 aliphatic carbocycles. The van der Waals surface area contributed by atoms with Crippen molar-refractivity contribution in [1.82, 2.24) is 10.6 Å². The summed E-state index contributed by atoms with van der Waals surface area (Å²) in [6.07, 6.45) is 46.3. The molecule has 0 aliphatic rings. The number of rotatable bonds is 34. The molecule has 0 saturated carbocycles. The molecular weight excluding hydrogens is 564 g/mol. The van der Waals surface area contributed by atoms with Gasteiger partial charge in [-0.1, -0.05) is 206 Å². The molecule has 4 nitrogen and oxygen atoms in total. The van der Waals surface area contributed by atoms with Crippen LogP contribution in [0.1, 0.15) is 240 Å². The Morgan fingerprint density at radius 1 is 0.413 bits per heavy atom. The van der Waals surface area contributed by atoms with Gasteiger partial charge in [-0.2, -0.15) is 0 Å². The molecule has 0 bridgehead atoms. The Bertz CT molecular complexity index is 526. The zero-order valence-electron chi connectivity index (χ0n) is 32.9. The highest BCUT2D eigenvalue weighted by molar-refractivity contribution is 5.67. The first-order chi connectivity index (χ1) is 22.4. The molecule has 0 unspecified atom stereocenters. The minimum Gasteiger partial charge on any atom is -0.444 e. The molecule has 0 fully saturated rings. The van der Waals surface area contributed by atoms with E-state index < -0.39 is 0 Å². The maximum atomic E-state index is 10.5. The molecular formula is C42H88N2O2. The van der Waals surface area contributed by atoms with Crippen molar-refractivity contribution in [3.63, 3.8) is 0 Å². The van der Waals surface area contributed by atoms with E-state index in [0.717, 1.165) is 0 Å². The molecule has 46 heavy (non-hydrogen) atoms. The summed E-state index contributed by atoms with van der Waals surface area (Å²) in [4.78, 5) is 10.5. The second kappa shape index (κ2) is 40.4. The van der Waals surface area contributed by atoms with Crippen LogP contribution < -0.4 is 10.6 Å². The zero-order valence-corrected chi connectivity index (χ0v) is 32.9. The lowest BCUT2D eigenvalue weighted by Crippen LogP contribution is -2.30. The van der Waals surface area contributed by atoms with Crippen molar-refractivity contribution in [2.24, 2.45) is 0 Å². The number of carbonyl (C=O) groups excluding carboxylic acids is 1. The van der Waals surface area contributed by atoms with Crippen LogP contribution in [0.25, 0.3) is 0 Å². The van der Waals surface area contributed by atoms with Gasteiger partial charge in [0.2, 0.25) is 0 Å². The van der Waals surface area contributed by atoms with Crippen molar-refractivity contribution in [3.8, 4) is 0 Å². The van der Waals surface area contributed by atoms with E-state index in [0.29, 0.717) is 0 Å². The highest BCUT2D eigenvalue weighted by Gasteiger charge is 2.14. The Kier molecular flexibility index (Phi) is 41.6. The molecule has 0 rings (SSSR count). The van der Waals surface area contributed by atoms with Crippen LogP contribution in [0.15, 0.2) is 0 Å². The number of hydrogen-bond donors (Lipinski definition) is 2. The molecule has 0 aromatic rings. The van der Waals surface area contributed by atoms with Crippen molar-refractivity contribution in [2.75, 3.05) is 20.1 Å². The summed E-state index contributed by atoms with van der Waals surface area (Å²) in [6, 6.07) is 0. The Morgan fingerprint density at radius 2 is 0.630 bits per heavy atom. The molecule has 2 N–H and O–H groups in total. The van der Waals surface area contributed by atoms with Gasteiger partial charge in [0.05, 0.1) is 0 Å². The third-order valence-corrected chi connectivity index (χ3v) is 9.02. The van der Waals surface area contributed by atoms with E-state index in [4.69, 9.17) is 4.74 Å². The van der Waals surface area contributed by atoms with E-state index in [1.165, 1.54) is 226 Å². The van der Waals surface area contributed by atoms with Crippen LogP contribution in [-0.2, 0) is 4.74 Å². The first kappa shape index (κ1) is 47.3. The number of carbonyl (C=O) groups is 1. The molecule has 0 heterocycles. The second-order valence-electron chi connectivity index (χ2n) is 15.1. The molecule has 278 valence electrons. The summed E-state index contributed by atoms with van der Waals surface area (Å²) < 4.78 is 4.84. The van der Waals surface area contributed by atoms with Crippen LogP contribution >= 0.6 is 0 Å². The van der Waals surface area contributed by atoms with Gasteiger partial charge in [0, 0.05) is 7.05 Å². The van der Waals surface area contributed by atoms with Gasteiger partial charge in [-0.05, 0) is 46.7 Å². The highest BCUT2D eigenvalue weighted by atomic mass is 16.6. The number of hydrogen-bond acceptors (Lipinski definition) is 3. The first-order valence-electron chi connectivity index (χ1n) is 21.0. The third kappa shape index (κ3) is 47.6. The number of alkyl carbamates (subject to hydrolysis) is 1. The van der Waals surface area contributed by atoms with E-state index in [1.54, 1.807) is 0 Å². The van der Waals surface area contributed by atoms with Gasteiger partial charge >= 0.3 is 6.09 Å².